The van der Waals surface area contributed by atoms with E-state index in [1.807, 2.05) is 32.0 Å². The Labute approximate surface area is 118 Å². The molecule has 0 fully saturated rings. The molecule has 2 aromatic rings. The van der Waals surface area contributed by atoms with Crippen molar-refractivity contribution >= 4 is 5.97 Å². The number of aromatic nitrogens is 3. The summed E-state index contributed by atoms with van der Waals surface area (Å²) in [6, 6.07) is 10.2. The van der Waals surface area contributed by atoms with Gasteiger partial charge in [0, 0.05) is 6.54 Å². The predicted molar refractivity (Wildman–Crippen MR) is 75.8 cm³/mol. The van der Waals surface area contributed by atoms with E-state index in [4.69, 9.17) is 5.11 Å². The Balaban J connectivity index is 2.04. The molecule has 0 aliphatic heterocycles. The van der Waals surface area contributed by atoms with E-state index >= 15 is 0 Å². The van der Waals surface area contributed by atoms with Crippen LogP contribution in [0.1, 0.15) is 47.9 Å². The number of carboxylic acid groups (broad SMARTS) is 1. The molecule has 1 aromatic heterocycles. The minimum atomic E-state index is -1.01. The summed E-state index contributed by atoms with van der Waals surface area (Å²) in [6.45, 7) is 4.60. The van der Waals surface area contributed by atoms with E-state index < -0.39 is 5.97 Å². The van der Waals surface area contributed by atoms with Crippen LogP contribution in [0.5, 0.6) is 0 Å². The predicted octanol–water partition coefficient (Wildman–Crippen LogP) is 2.73. The van der Waals surface area contributed by atoms with Gasteiger partial charge in [0.2, 0.25) is 0 Å². The molecule has 1 heterocycles. The lowest BCUT2D eigenvalue weighted by atomic mass is 10.1. The smallest absolute Gasteiger partial charge is 0.358 e. The average molecular weight is 273 g/mol. The van der Waals surface area contributed by atoms with Crippen molar-refractivity contribution in [1.82, 2.24) is 15.0 Å². The first-order chi connectivity index (χ1) is 9.59. The second kappa shape index (κ2) is 6.32. The normalized spacial score (nSPS) is 10.9. The van der Waals surface area contributed by atoms with Crippen LogP contribution in [0.2, 0.25) is 0 Å². The van der Waals surface area contributed by atoms with Gasteiger partial charge in [-0.2, -0.15) is 0 Å². The summed E-state index contributed by atoms with van der Waals surface area (Å²) >= 11 is 0. The molecule has 20 heavy (non-hydrogen) atoms. The van der Waals surface area contributed by atoms with Gasteiger partial charge in [-0.15, -0.1) is 5.10 Å². The molecule has 0 saturated heterocycles. The molecule has 0 aliphatic carbocycles. The maximum Gasteiger partial charge on any atom is 0.358 e. The highest BCUT2D eigenvalue weighted by Gasteiger charge is 2.20. The molecule has 0 saturated carbocycles. The molecular formula is C15H19N3O2. The van der Waals surface area contributed by atoms with Crippen LogP contribution < -0.4 is 0 Å². The highest BCUT2D eigenvalue weighted by atomic mass is 16.4. The lowest BCUT2D eigenvalue weighted by Gasteiger charge is -2.09. The summed E-state index contributed by atoms with van der Waals surface area (Å²) in [5, 5.41) is 16.9. The van der Waals surface area contributed by atoms with Crippen molar-refractivity contribution in [2.24, 2.45) is 0 Å². The molecule has 106 valence electrons. The molecule has 2 rings (SSSR count). The molecule has 0 radical (unpaired) electrons. The van der Waals surface area contributed by atoms with Crippen molar-refractivity contribution in [1.29, 1.82) is 0 Å². The highest BCUT2D eigenvalue weighted by Crippen LogP contribution is 2.18. The largest absolute Gasteiger partial charge is 0.476 e. The lowest BCUT2D eigenvalue weighted by molar-refractivity contribution is 0.0688. The fourth-order valence-electron chi connectivity index (χ4n) is 2.29. The minimum Gasteiger partial charge on any atom is -0.476 e. The van der Waals surface area contributed by atoms with E-state index in [0.29, 0.717) is 12.2 Å². The zero-order chi connectivity index (χ0) is 14.5. The van der Waals surface area contributed by atoms with Gasteiger partial charge in [-0.05, 0) is 24.3 Å². The van der Waals surface area contributed by atoms with Crippen molar-refractivity contribution in [2.75, 3.05) is 0 Å². The quantitative estimate of drug-likeness (QED) is 0.878. The van der Waals surface area contributed by atoms with Gasteiger partial charge in [-0.25, -0.2) is 9.48 Å². The van der Waals surface area contributed by atoms with E-state index in [2.05, 4.69) is 22.4 Å². The zero-order valence-electron chi connectivity index (χ0n) is 11.8. The van der Waals surface area contributed by atoms with Crippen LogP contribution in [-0.2, 0) is 13.0 Å². The van der Waals surface area contributed by atoms with Crippen LogP contribution >= 0.6 is 0 Å². The Morgan fingerprint density at radius 2 is 2.00 bits per heavy atom. The van der Waals surface area contributed by atoms with Crippen molar-refractivity contribution in [3.63, 3.8) is 0 Å². The molecule has 1 aromatic carbocycles. The first-order valence-electron chi connectivity index (χ1n) is 6.80. The summed E-state index contributed by atoms with van der Waals surface area (Å²) in [6.07, 6.45) is 1.85. The standard InChI is InChI=1S/C15H19N3O2/c1-11(2)14-13(15(19)20)16-17-18(14)10-6-9-12-7-4-3-5-8-12/h3-5,7-8,11H,6,9-10H2,1-2H3,(H,19,20). The second-order valence-electron chi connectivity index (χ2n) is 5.10. The lowest BCUT2D eigenvalue weighted by Crippen LogP contribution is -2.10. The van der Waals surface area contributed by atoms with Crippen LogP contribution in [-0.4, -0.2) is 26.1 Å². The van der Waals surface area contributed by atoms with Gasteiger partial charge in [0.15, 0.2) is 5.69 Å². The van der Waals surface area contributed by atoms with Crippen LogP contribution in [0.4, 0.5) is 0 Å². The first kappa shape index (κ1) is 14.2. The zero-order valence-corrected chi connectivity index (χ0v) is 11.8. The summed E-state index contributed by atoms with van der Waals surface area (Å²) in [5.41, 5.74) is 2.04. The number of aryl methyl sites for hydroxylation is 2. The maximum atomic E-state index is 11.1. The van der Waals surface area contributed by atoms with Gasteiger partial charge >= 0.3 is 5.97 Å². The van der Waals surface area contributed by atoms with Crippen LogP contribution in [0.3, 0.4) is 0 Å². The van der Waals surface area contributed by atoms with Gasteiger partial charge in [-0.3, -0.25) is 0 Å². The van der Waals surface area contributed by atoms with E-state index in [0.717, 1.165) is 12.8 Å². The van der Waals surface area contributed by atoms with Gasteiger partial charge in [0.25, 0.3) is 0 Å². The number of carbonyl (C=O) groups is 1. The van der Waals surface area contributed by atoms with E-state index in [1.54, 1.807) is 4.68 Å². The van der Waals surface area contributed by atoms with Crippen molar-refractivity contribution in [3.8, 4) is 0 Å². The summed E-state index contributed by atoms with van der Waals surface area (Å²) in [4.78, 5) is 11.1. The van der Waals surface area contributed by atoms with Crippen molar-refractivity contribution < 1.29 is 9.90 Å². The fourth-order valence-corrected chi connectivity index (χ4v) is 2.29. The number of aromatic carboxylic acids is 1. The Morgan fingerprint density at radius 3 is 2.60 bits per heavy atom. The monoisotopic (exact) mass is 273 g/mol. The molecule has 0 bridgehead atoms. The highest BCUT2D eigenvalue weighted by molar-refractivity contribution is 5.86. The van der Waals surface area contributed by atoms with E-state index in [1.165, 1.54) is 5.56 Å². The van der Waals surface area contributed by atoms with Crippen molar-refractivity contribution in [2.45, 2.75) is 39.2 Å². The van der Waals surface area contributed by atoms with E-state index in [9.17, 15) is 4.79 Å². The molecular weight excluding hydrogens is 254 g/mol. The molecule has 5 nitrogen and oxygen atoms in total. The Hall–Kier alpha value is -2.17. The van der Waals surface area contributed by atoms with Crippen LogP contribution in [0, 0.1) is 0 Å². The molecule has 1 N–H and O–H groups in total. The Bertz CT molecular complexity index is 576. The number of benzene rings is 1. The number of hydrogen-bond acceptors (Lipinski definition) is 3. The first-order valence-corrected chi connectivity index (χ1v) is 6.80. The van der Waals surface area contributed by atoms with Gasteiger partial charge in [0.05, 0.1) is 5.69 Å². The molecule has 0 aliphatic rings. The fraction of sp³-hybridized carbons (Fsp3) is 0.400. The summed E-state index contributed by atoms with van der Waals surface area (Å²) in [7, 11) is 0. The number of hydrogen-bond donors (Lipinski definition) is 1. The third-order valence-electron chi connectivity index (χ3n) is 3.20. The Morgan fingerprint density at radius 1 is 1.30 bits per heavy atom. The van der Waals surface area contributed by atoms with E-state index in [-0.39, 0.29) is 11.6 Å². The van der Waals surface area contributed by atoms with Gasteiger partial charge < -0.3 is 5.11 Å². The molecule has 5 heteroatoms. The summed E-state index contributed by atoms with van der Waals surface area (Å²) in [5.74, 6) is -0.921. The molecule has 0 amide bonds. The average Bonchev–Trinajstić information content (AvgIpc) is 2.84. The second-order valence-corrected chi connectivity index (χ2v) is 5.10. The molecule has 0 spiro atoms. The Kier molecular flexibility index (Phi) is 4.50. The summed E-state index contributed by atoms with van der Waals surface area (Å²) < 4.78 is 1.72. The van der Waals surface area contributed by atoms with Gasteiger partial charge in [0.1, 0.15) is 0 Å². The molecule has 0 unspecified atom stereocenters. The number of rotatable bonds is 6. The maximum absolute atomic E-state index is 11.1. The third kappa shape index (κ3) is 3.23. The van der Waals surface area contributed by atoms with Gasteiger partial charge in [-0.1, -0.05) is 49.4 Å². The number of carboxylic acids is 1. The van der Waals surface area contributed by atoms with Crippen molar-refractivity contribution in [3.05, 3.63) is 47.3 Å². The third-order valence-corrected chi connectivity index (χ3v) is 3.20. The number of nitrogens with zero attached hydrogens (tertiary/aromatic N) is 3. The van der Waals surface area contributed by atoms with Crippen LogP contribution in [0.25, 0.3) is 0 Å². The SMILES string of the molecule is CC(C)c1c(C(=O)O)nnn1CCCc1ccccc1. The molecule has 0 atom stereocenters. The topological polar surface area (TPSA) is 68.0 Å². The minimum absolute atomic E-state index is 0.0692. The van der Waals surface area contributed by atoms with Crippen LogP contribution in [0.15, 0.2) is 30.3 Å².